The van der Waals surface area contributed by atoms with Crippen LogP contribution in [-0.2, 0) is 9.53 Å². The Labute approximate surface area is 255 Å². The number of aromatic nitrogens is 6. The van der Waals surface area contributed by atoms with Crippen LogP contribution in [0.1, 0.15) is 32.9 Å². The topological polar surface area (TPSA) is 248 Å². The third-order valence-electron chi connectivity index (χ3n) is 8.12. The first kappa shape index (κ1) is 30.2. The lowest BCUT2D eigenvalue weighted by Crippen LogP contribution is -2.52. The van der Waals surface area contributed by atoms with E-state index in [0.717, 1.165) is 25.9 Å². The molecular formula is C26H36N12O5S. The number of amides is 1. The third-order valence-corrected chi connectivity index (χ3v) is 9.58. The number of H-pyrrole nitrogens is 1. The number of anilines is 3. The van der Waals surface area contributed by atoms with Crippen LogP contribution in [0.25, 0.3) is 11.2 Å². The van der Waals surface area contributed by atoms with E-state index < -0.39 is 35.6 Å². The number of imidazole rings is 1. The number of hydrogen-bond acceptors (Lipinski definition) is 15. The fourth-order valence-corrected chi connectivity index (χ4v) is 6.99. The highest BCUT2D eigenvalue weighted by Gasteiger charge is 2.44. The first-order valence-electron chi connectivity index (χ1n) is 14.4. The quantitative estimate of drug-likeness (QED) is 0.158. The molecule has 0 aliphatic carbocycles. The van der Waals surface area contributed by atoms with Gasteiger partial charge in [0, 0.05) is 24.1 Å². The SMILES string of the molecule is CC1(C)Nc2nc(N)[nH]c(=O)c2N=C1C(=O)NCCN1CCC(SC[C@H]2O[C@@H](n3cnc4c(N)ncnc43)C(O)[C@H]2O)CC1. The number of carbonyl (C=O) groups excluding carboxylic acids is 1. The van der Waals surface area contributed by atoms with E-state index in [1.807, 2.05) is 0 Å². The zero-order valence-electron chi connectivity index (χ0n) is 24.3. The van der Waals surface area contributed by atoms with Crippen LogP contribution >= 0.6 is 11.8 Å². The van der Waals surface area contributed by atoms with E-state index in [2.05, 4.69) is 45.4 Å². The minimum absolute atomic E-state index is 0.0266. The average Bonchev–Trinajstić information content (AvgIpc) is 3.53. The Morgan fingerprint density at radius 2 is 1.98 bits per heavy atom. The molecule has 2 fully saturated rings. The van der Waals surface area contributed by atoms with Crippen LogP contribution in [-0.4, -0.2) is 117 Å². The molecule has 0 spiro atoms. The van der Waals surface area contributed by atoms with Crippen LogP contribution < -0.4 is 27.7 Å². The normalized spacial score (nSPS) is 25.4. The van der Waals surface area contributed by atoms with Crippen molar-refractivity contribution in [2.24, 2.45) is 4.99 Å². The van der Waals surface area contributed by atoms with Crippen molar-refractivity contribution in [1.82, 2.24) is 39.7 Å². The Balaban J connectivity index is 0.957. The number of hydrogen-bond donors (Lipinski definition) is 7. The van der Waals surface area contributed by atoms with Gasteiger partial charge in [0.1, 0.15) is 29.8 Å². The number of aliphatic hydroxyl groups is 2. The number of aliphatic imine (C=N–C) groups is 1. The number of rotatable bonds is 8. The van der Waals surface area contributed by atoms with Gasteiger partial charge in [-0.05, 0) is 39.8 Å². The number of nitrogens with two attached hydrogens (primary N) is 2. The molecule has 2 saturated heterocycles. The summed E-state index contributed by atoms with van der Waals surface area (Å²) >= 11 is 1.72. The van der Waals surface area contributed by atoms with Crippen molar-refractivity contribution < 1.29 is 19.7 Å². The largest absolute Gasteiger partial charge is 0.387 e. The van der Waals surface area contributed by atoms with E-state index in [9.17, 15) is 19.8 Å². The van der Waals surface area contributed by atoms with Gasteiger partial charge >= 0.3 is 0 Å². The third kappa shape index (κ3) is 5.82. The van der Waals surface area contributed by atoms with Crippen molar-refractivity contribution in [3.05, 3.63) is 23.0 Å². The predicted molar refractivity (Wildman–Crippen MR) is 165 cm³/mol. The zero-order valence-corrected chi connectivity index (χ0v) is 25.1. The smallest absolute Gasteiger partial charge is 0.280 e. The Hall–Kier alpha value is -3.84. The van der Waals surface area contributed by atoms with E-state index in [1.165, 1.54) is 12.7 Å². The standard InChI is InChI=1S/C26H36N12O5S/c1-26(2)18(33-15-20(36-26)34-25(28)35-22(15)41)23(42)29-5-8-37-6-3-12(4-7-37)44-9-13-16(39)17(40)24(43-13)38-11-32-14-19(27)30-10-31-21(14)38/h10-13,16-17,24,39-40H,3-9H2,1-2H3,(H,29,42)(H2,27,30,31)(H4,28,34,35,36,41)/t13-,16+,17?,24-/m1/s1. The van der Waals surface area contributed by atoms with Crippen molar-refractivity contribution in [2.45, 2.75) is 62.0 Å². The molecule has 0 saturated carbocycles. The molecule has 1 unspecified atom stereocenters. The summed E-state index contributed by atoms with van der Waals surface area (Å²) in [5.41, 5.74) is 11.2. The second-order valence-electron chi connectivity index (χ2n) is 11.6. The maximum Gasteiger partial charge on any atom is 0.280 e. The number of fused-ring (bicyclic) bond motifs is 2. The number of nitrogens with zero attached hydrogens (tertiary/aromatic N) is 7. The van der Waals surface area contributed by atoms with Crippen molar-refractivity contribution in [3.63, 3.8) is 0 Å². The number of carbonyl (C=O) groups is 1. The molecule has 18 heteroatoms. The molecule has 3 aliphatic heterocycles. The summed E-state index contributed by atoms with van der Waals surface area (Å²) in [6, 6.07) is 0. The summed E-state index contributed by atoms with van der Waals surface area (Å²) in [7, 11) is 0. The van der Waals surface area contributed by atoms with Gasteiger partial charge in [0.15, 0.2) is 29.2 Å². The molecule has 44 heavy (non-hydrogen) atoms. The minimum Gasteiger partial charge on any atom is -0.387 e. The lowest BCUT2D eigenvalue weighted by molar-refractivity contribution is -0.115. The van der Waals surface area contributed by atoms with Gasteiger partial charge in [0.25, 0.3) is 11.5 Å². The fourth-order valence-electron chi connectivity index (χ4n) is 5.71. The molecule has 0 bridgehead atoms. The second-order valence-corrected chi connectivity index (χ2v) is 13.0. The number of ether oxygens (including phenoxy) is 1. The molecule has 0 aromatic carbocycles. The number of thioether (sulfide) groups is 1. The molecule has 6 heterocycles. The highest BCUT2D eigenvalue weighted by atomic mass is 32.2. The van der Waals surface area contributed by atoms with E-state index in [4.69, 9.17) is 16.2 Å². The van der Waals surface area contributed by atoms with Gasteiger partial charge in [0.05, 0.1) is 18.0 Å². The molecule has 3 aromatic rings. The summed E-state index contributed by atoms with van der Waals surface area (Å²) < 4.78 is 7.65. The van der Waals surface area contributed by atoms with Crippen LogP contribution in [0.2, 0.25) is 0 Å². The number of nitrogen functional groups attached to an aromatic ring is 2. The average molecular weight is 629 g/mol. The maximum atomic E-state index is 13.0. The lowest BCUT2D eigenvalue weighted by atomic mass is 9.95. The van der Waals surface area contributed by atoms with Crippen LogP contribution in [0, 0.1) is 0 Å². The molecule has 1 amide bonds. The van der Waals surface area contributed by atoms with Crippen molar-refractivity contribution in [1.29, 1.82) is 0 Å². The Bertz CT molecular complexity index is 1640. The summed E-state index contributed by atoms with van der Waals surface area (Å²) in [6.45, 7) is 6.40. The number of aliphatic hydroxyl groups excluding tert-OH is 2. The van der Waals surface area contributed by atoms with Crippen molar-refractivity contribution >= 4 is 57.8 Å². The van der Waals surface area contributed by atoms with Gasteiger partial charge in [-0.3, -0.25) is 19.1 Å². The predicted octanol–water partition coefficient (Wildman–Crippen LogP) is -1.02. The summed E-state index contributed by atoms with van der Waals surface area (Å²) in [6.07, 6.45) is 1.10. The van der Waals surface area contributed by atoms with E-state index in [0.29, 0.717) is 35.3 Å². The lowest BCUT2D eigenvalue weighted by Gasteiger charge is -2.33. The van der Waals surface area contributed by atoms with Gasteiger partial charge in [-0.25, -0.2) is 19.9 Å². The van der Waals surface area contributed by atoms with E-state index >= 15 is 0 Å². The molecule has 3 aliphatic rings. The van der Waals surface area contributed by atoms with Crippen LogP contribution in [0.5, 0.6) is 0 Å². The van der Waals surface area contributed by atoms with Gasteiger partial charge in [-0.15, -0.1) is 0 Å². The second kappa shape index (κ2) is 11.9. The fraction of sp³-hybridized carbons (Fsp3) is 0.577. The monoisotopic (exact) mass is 628 g/mol. The number of likely N-dealkylation sites (tertiary alicyclic amines) is 1. The Kier molecular flexibility index (Phi) is 8.18. The minimum atomic E-state index is -1.14. The molecule has 6 rings (SSSR count). The van der Waals surface area contributed by atoms with Gasteiger partial charge < -0.3 is 42.0 Å². The zero-order chi connectivity index (χ0) is 31.2. The van der Waals surface area contributed by atoms with Gasteiger partial charge in [0.2, 0.25) is 5.95 Å². The highest BCUT2D eigenvalue weighted by molar-refractivity contribution is 7.99. The molecule has 17 nitrogen and oxygen atoms in total. The van der Waals surface area contributed by atoms with E-state index in [-0.39, 0.29) is 34.9 Å². The number of piperidine rings is 1. The number of aromatic amines is 1. The summed E-state index contributed by atoms with van der Waals surface area (Å²) in [5.74, 6) is 0.617. The van der Waals surface area contributed by atoms with Crippen LogP contribution in [0.4, 0.5) is 23.3 Å². The summed E-state index contributed by atoms with van der Waals surface area (Å²) in [4.78, 5) is 50.7. The van der Waals surface area contributed by atoms with Gasteiger partial charge in [-0.2, -0.15) is 16.7 Å². The molecule has 3 aromatic heterocycles. The first-order chi connectivity index (χ1) is 21.0. The van der Waals surface area contributed by atoms with Crippen LogP contribution in [0.15, 0.2) is 22.4 Å². The molecule has 236 valence electrons. The van der Waals surface area contributed by atoms with Crippen molar-refractivity contribution in [2.75, 3.05) is 48.7 Å². The summed E-state index contributed by atoms with van der Waals surface area (Å²) in [5, 5.41) is 27.8. The highest BCUT2D eigenvalue weighted by Crippen LogP contribution is 2.35. The Morgan fingerprint density at radius 1 is 1.20 bits per heavy atom. The van der Waals surface area contributed by atoms with Crippen molar-refractivity contribution in [3.8, 4) is 0 Å². The molecule has 0 radical (unpaired) electrons. The molecule has 4 atom stereocenters. The molecule has 9 N–H and O–H groups in total. The molecular weight excluding hydrogens is 592 g/mol. The van der Waals surface area contributed by atoms with Crippen LogP contribution in [0.3, 0.4) is 0 Å². The first-order valence-corrected chi connectivity index (χ1v) is 15.4. The number of nitrogens with one attached hydrogen (secondary N) is 3. The Morgan fingerprint density at radius 3 is 2.75 bits per heavy atom. The maximum absolute atomic E-state index is 13.0. The van der Waals surface area contributed by atoms with E-state index in [1.54, 1.807) is 30.2 Å². The van der Waals surface area contributed by atoms with Gasteiger partial charge in [-0.1, -0.05) is 0 Å².